The van der Waals surface area contributed by atoms with E-state index in [0.29, 0.717) is 0 Å². The molecular formula is C10H12BrNO. The first-order chi connectivity index (χ1) is 6.19. The predicted octanol–water partition coefficient (Wildman–Crippen LogP) is 2.25. The number of nitrogens with one attached hydrogen (secondary N) is 1. The van der Waals surface area contributed by atoms with Crippen LogP contribution in [0.25, 0.3) is 0 Å². The van der Waals surface area contributed by atoms with Crippen molar-refractivity contribution in [3.63, 3.8) is 0 Å². The second-order valence-electron chi connectivity index (χ2n) is 2.86. The number of alkyl halides is 1. The Labute approximate surface area is 86.5 Å². The van der Waals surface area contributed by atoms with Gasteiger partial charge in [0.1, 0.15) is 0 Å². The summed E-state index contributed by atoms with van der Waals surface area (Å²) in [6.07, 6.45) is 0. The van der Waals surface area contributed by atoms with Crippen LogP contribution in [-0.4, -0.2) is 13.0 Å². The number of carbonyl (C=O) groups is 1. The number of hydrogen-bond donors (Lipinski definition) is 1. The zero-order valence-corrected chi connectivity index (χ0v) is 9.31. The molecule has 1 N–H and O–H groups in total. The van der Waals surface area contributed by atoms with Crippen molar-refractivity contribution in [1.82, 2.24) is 5.32 Å². The third kappa shape index (κ3) is 2.31. The Kier molecular flexibility index (Phi) is 3.48. The van der Waals surface area contributed by atoms with Gasteiger partial charge in [0.15, 0.2) is 0 Å². The van der Waals surface area contributed by atoms with E-state index in [4.69, 9.17) is 0 Å². The van der Waals surface area contributed by atoms with Gasteiger partial charge in [-0.05, 0) is 24.1 Å². The number of aryl methyl sites for hydroxylation is 1. The SMILES string of the molecule is CNC(=O)c1cc(CBr)ccc1C. The summed E-state index contributed by atoms with van der Waals surface area (Å²) in [6.45, 7) is 1.93. The molecule has 0 aliphatic carbocycles. The zero-order chi connectivity index (χ0) is 9.84. The third-order valence-corrected chi connectivity index (χ3v) is 2.58. The van der Waals surface area contributed by atoms with Crippen molar-refractivity contribution in [2.45, 2.75) is 12.3 Å². The Balaban J connectivity index is 3.11. The van der Waals surface area contributed by atoms with Gasteiger partial charge in [-0.15, -0.1) is 0 Å². The van der Waals surface area contributed by atoms with Crippen molar-refractivity contribution in [3.05, 3.63) is 34.9 Å². The lowest BCUT2D eigenvalue weighted by atomic mass is 10.1. The molecule has 0 atom stereocenters. The maximum Gasteiger partial charge on any atom is 0.251 e. The Morgan fingerprint density at radius 3 is 2.77 bits per heavy atom. The molecule has 0 saturated carbocycles. The van der Waals surface area contributed by atoms with Crippen LogP contribution in [0, 0.1) is 6.92 Å². The van der Waals surface area contributed by atoms with Crippen LogP contribution in [0.15, 0.2) is 18.2 Å². The maximum absolute atomic E-state index is 11.4. The van der Waals surface area contributed by atoms with Crippen molar-refractivity contribution in [3.8, 4) is 0 Å². The van der Waals surface area contributed by atoms with Gasteiger partial charge < -0.3 is 5.32 Å². The highest BCUT2D eigenvalue weighted by atomic mass is 79.9. The minimum atomic E-state index is -0.0275. The first-order valence-electron chi connectivity index (χ1n) is 4.06. The first kappa shape index (κ1) is 10.3. The highest BCUT2D eigenvalue weighted by Crippen LogP contribution is 2.13. The zero-order valence-electron chi connectivity index (χ0n) is 7.73. The summed E-state index contributed by atoms with van der Waals surface area (Å²) >= 11 is 3.36. The normalized spacial score (nSPS) is 9.77. The fourth-order valence-corrected chi connectivity index (χ4v) is 1.48. The molecule has 0 spiro atoms. The van der Waals surface area contributed by atoms with E-state index >= 15 is 0 Å². The molecule has 0 saturated heterocycles. The van der Waals surface area contributed by atoms with Gasteiger partial charge in [-0.2, -0.15) is 0 Å². The Morgan fingerprint density at radius 2 is 2.23 bits per heavy atom. The van der Waals surface area contributed by atoms with E-state index in [1.54, 1.807) is 7.05 Å². The summed E-state index contributed by atoms with van der Waals surface area (Å²) in [6, 6.07) is 5.88. The highest BCUT2D eigenvalue weighted by Gasteiger charge is 2.06. The standard InChI is InChI=1S/C10H12BrNO/c1-7-3-4-8(6-11)5-9(7)10(13)12-2/h3-5H,6H2,1-2H3,(H,12,13). The minimum Gasteiger partial charge on any atom is -0.355 e. The van der Waals surface area contributed by atoms with E-state index in [2.05, 4.69) is 21.2 Å². The van der Waals surface area contributed by atoms with E-state index in [9.17, 15) is 4.79 Å². The summed E-state index contributed by atoms with van der Waals surface area (Å²) in [4.78, 5) is 11.4. The summed E-state index contributed by atoms with van der Waals surface area (Å²) < 4.78 is 0. The van der Waals surface area contributed by atoms with Gasteiger partial charge in [0, 0.05) is 17.9 Å². The Morgan fingerprint density at radius 1 is 1.54 bits per heavy atom. The molecule has 0 heterocycles. The molecule has 1 aromatic rings. The summed E-state index contributed by atoms with van der Waals surface area (Å²) in [7, 11) is 1.64. The molecule has 70 valence electrons. The highest BCUT2D eigenvalue weighted by molar-refractivity contribution is 9.08. The molecule has 2 nitrogen and oxygen atoms in total. The lowest BCUT2D eigenvalue weighted by molar-refractivity contribution is 0.0962. The fourth-order valence-electron chi connectivity index (χ4n) is 1.13. The average molecular weight is 242 g/mol. The van der Waals surface area contributed by atoms with Crippen molar-refractivity contribution < 1.29 is 4.79 Å². The van der Waals surface area contributed by atoms with Gasteiger partial charge in [0.25, 0.3) is 5.91 Å². The van der Waals surface area contributed by atoms with Crippen LogP contribution in [0.1, 0.15) is 21.5 Å². The number of amides is 1. The maximum atomic E-state index is 11.4. The van der Waals surface area contributed by atoms with Gasteiger partial charge in [-0.3, -0.25) is 4.79 Å². The summed E-state index contributed by atoms with van der Waals surface area (Å²) in [5.74, 6) is -0.0275. The first-order valence-corrected chi connectivity index (χ1v) is 5.18. The van der Waals surface area contributed by atoms with E-state index in [1.165, 1.54) is 0 Å². The van der Waals surface area contributed by atoms with E-state index < -0.39 is 0 Å². The fraction of sp³-hybridized carbons (Fsp3) is 0.300. The largest absolute Gasteiger partial charge is 0.355 e. The number of halogens is 1. The van der Waals surface area contributed by atoms with E-state index in [1.807, 2.05) is 25.1 Å². The molecule has 1 amide bonds. The van der Waals surface area contributed by atoms with Gasteiger partial charge in [-0.1, -0.05) is 28.1 Å². The van der Waals surface area contributed by atoms with Crippen LogP contribution in [0.4, 0.5) is 0 Å². The second-order valence-corrected chi connectivity index (χ2v) is 3.42. The quantitative estimate of drug-likeness (QED) is 0.792. The van der Waals surface area contributed by atoms with Crippen LogP contribution in [0.5, 0.6) is 0 Å². The summed E-state index contributed by atoms with van der Waals surface area (Å²) in [5.41, 5.74) is 2.87. The van der Waals surface area contributed by atoms with Crippen LogP contribution in [-0.2, 0) is 5.33 Å². The predicted molar refractivity (Wildman–Crippen MR) is 57.2 cm³/mol. The van der Waals surface area contributed by atoms with Gasteiger partial charge in [0.05, 0.1) is 0 Å². The summed E-state index contributed by atoms with van der Waals surface area (Å²) in [5, 5.41) is 3.39. The number of hydrogen-bond acceptors (Lipinski definition) is 1. The van der Waals surface area contributed by atoms with Crippen LogP contribution in [0.3, 0.4) is 0 Å². The smallest absolute Gasteiger partial charge is 0.251 e. The molecule has 1 aromatic carbocycles. The molecule has 3 heteroatoms. The van der Waals surface area contributed by atoms with Crippen LogP contribution < -0.4 is 5.32 Å². The van der Waals surface area contributed by atoms with E-state index in [0.717, 1.165) is 22.0 Å². The number of carbonyl (C=O) groups excluding carboxylic acids is 1. The lowest BCUT2D eigenvalue weighted by Gasteiger charge is -2.05. The molecule has 0 bridgehead atoms. The molecule has 13 heavy (non-hydrogen) atoms. The number of rotatable bonds is 2. The Hall–Kier alpha value is -0.830. The van der Waals surface area contributed by atoms with Gasteiger partial charge in [-0.25, -0.2) is 0 Å². The van der Waals surface area contributed by atoms with E-state index in [-0.39, 0.29) is 5.91 Å². The van der Waals surface area contributed by atoms with Crippen LogP contribution >= 0.6 is 15.9 Å². The molecule has 1 rings (SSSR count). The van der Waals surface area contributed by atoms with Crippen LogP contribution in [0.2, 0.25) is 0 Å². The molecule has 0 fully saturated rings. The van der Waals surface area contributed by atoms with Crippen molar-refractivity contribution >= 4 is 21.8 Å². The van der Waals surface area contributed by atoms with Crippen molar-refractivity contribution in [1.29, 1.82) is 0 Å². The second kappa shape index (κ2) is 4.42. The molecule has 0 aromatic heterocycles. The molecular weight excluding hydrogens is 230 g/mol. The minimum absolute atomic E-state index is 0.0275. The third-order valence-electron chi connectivity index (χ3n) is 1.93. The van der Waals surface area contributed by atoms with Crippen molar-refractivity contribution in [2.75, 3.05) is 7.05 Å². The average Bonchev–Trinajstić information content (AvgIpc) is 2.17. The number of benzene rings is 1. The lowest BCUT2D eigenvalue weighted by Crippen LogP contribution is -2.19. The molecule has 0 aliphatic rings. The van der Waals surface area contributed by atoms with Crippen molar-refractivity contribution in [2.24, 2.45) is 0 Å². The molecule has 0 unspecified atom stereocenters. The monoisotopic (exact) mass is 241 g/mol. The Bertz CT molecular complexity index is 323. The topological polar surface area (TPSA) is 29.1 Å². The van der Waals surface area contributed by atoms with Gasteiger partial charge >= 0.3 is 0 Å². The van der Waals surface area contributed by atoms with Gasteiger partial charge in [0.2, 0.25) is 0 Å². The molecule has 0 aliphatic heterocycles. The molecule has 0 radical (unpaired) electrons.